The van der Waals surface area contributed by atoms with Crippen molar-refractivity contribution >= 4 is 0 Å². The molecule has 1 saturated carbocycles. The lowest BCUT2D eigenvalue weighted by molar-refractivity contribution is 0.115. The molecule has 25 heavy (non-hydrogen) atoms. The average Bonchev–Trinajstić information content (AvgIpc) is 3.22. The van der Waals surface area contributed by atoms with Gasteiger partial charge in [0.25, 0.3) is 6.43 Å². The summed E-state index contributed by atoms with van der Waals surface area (Å²) >= 11 is 0. The van der Waals surface area contributed by atoms with Crippen LogP contribution in [0.5, 0.6) is 0 Å². The maximum atomic E-state index is 13.0. The largest absolute Gasteiger partial charge is 0.361 e. The maximum absolute atomic E-state index is 13.0. The molecule has 6 nitrogen and oxygen atoms in total. The summed E-state index contributed by atoms with van der Waals surface area (Å²) < 4.78 is 33.0. The van der Waals surface area contributed by atoms with Crippen molar-refractivity contribution in [3.63, 3.8) is 0 Å². The average molecular weight is 351 g/mol. The fourth-order valence-corrected chi connectivity index (χ4v) is 3.40. The van der Waals surface area contributed by atoms with Gasteiger partial charge in [-0.25, -0.2) is 8.78 Å². The Kier molecular flexibility index (Phi) is 4.56. The van der Waals surface area contributed by atoms with E-state index in [1.54, 1.807) is 13.2 Å². The summed E-state index contributed by atoms with van der Waals surface area (Å²) in [5.74, 6) is 1.60. The van der Waals surface area contributed by atoms with Crippen LogP contribution in [-0.4, -0.2) is 50.9 Å². The maximum Gasteiger partial charge on any atom is 0.282 e. The Bertz CT molecular complexity index is 716. The first-order chi connectivity index (χ1) is 12.1. The number of hydrogen-bond acceptors (Lipinski definition) is 5. The summed E-state index contributed by atoms with van der Waals surface area (Å²) in [6, 6.07) is 2.08. The van der Waals surface area contributed by atoms with E-state index >= 15 is 0 Å². The molecule has 8 heteroatoms. The summed E-state index contributed by atoms with van der Waals surface area (Å²) in [7, 11) is 1.68. The van der Waals surface area contributed by atoms with Crippen molar-refractivity contribution in [1.82, 2.24) is 24.7 Å². The van der Waals surface area contributed by atoms with Gasteiger partial charge in [0.2, 0.25) is 0 Å². The Morgan fingerprint density at radius 3 is 2.48 bits per heavy atom. The van der Waals surface area contributed by atoms with E-state index in [9.17, 15) is 8.78 Å². The van der Waals surface area contributed by atoms with Crippen molar-refractivity contribution in [3.8, 4) is 0 Å². The zero-order valence-electron chi connectivity index (χ0n) is 14.4. The zero-order chi connectivity index (χ0) is 17.4. The van der Waals surface area contributed by atoms with Gasteiger partial charge in [-0.3, -0.25) is 14.5 Å². The second-order valence-corrected chi connectivity index (χ2v) is 7.06. The Hall–Kier alpha value is -1.80. The number of aryl methyl sites for hydroxylation is 1. The number of aromatic nitrogens is 3. The van der Waals surface area contributed by atoms with Gasteiger partial charge in [0.05, 0.1) is 5.69 Å². The molecule has 2 fully saturated rings. The Balaban J connectivity index is 1.29. The third-order valence-electron chi connectivity index (χ3n) is 4.95. The number of halogens is 2. The van der Waals surface area contributed by atoms with Crippen molar-refractivity contribution in [2.24, 2.45) is 7.05 Å². The molecular weight excluding hydrogens is 328 g/mol. The van der Waals surface area contributed by atoms with Gasteiger partial charge in [0, 0.05) is 70.1 Å². The van der Waals surface area contributed by atoms with Gasteiger partial charge in [0.1, 0.15) is 11.5 Å². The number of rotatable bonds is 6. The lowest BCUT2D eigenvalue weighted by Crippen LogP contribution is -2.45. The summed E-state index contributed by atoms with van der Waals surface area (Å²) in [4.78, 5) is 4.54. The van der Waals surface area contributed by atoms with Crippen LogP contribution in [0.15, 0.2) is 16.8 Å². The third kappa shape index (κ3) is 3.90. The molecule has 3 heterocycles. The van der Waals surface area contributed by atoms with Crippen molar-refractivity contribution in [2.75, 3.05) is 26.2 Å². The highest BCUT2D eigenvalue weighted by atomic mass is 19.3. The van der Waals surface area contributed by atoms with Crippen LogP contribution in [0.3, 0.4) is 0 Å². The molecule has 2 aromatic heterocycles. The Morgan fingerprint density at radius 2 is 1.84 bits per heavy atom. The molecule has 0 atom stereocenters. The highest BCUT2D eigenvalue weighted by Crippen LogP contribution is 2.40. The molecule has 0 bridgehead atoms. The van der Waals surface area contributed by atoms with Crippen molar-refractivity contribution in [3.05, 3.63) is 35.0 Å². The lowest BCUT2D eigenvalue weighted by Gasteiger charge is -2.34. The van der Waals surface area contributed by atoms with Crippen LogP contribution in [0.2, 0.25) is 0 Å². The van der Waals surface area contributed by atoms with Crippen LogP contribution < -0.4 is 0 Å². The zero-order valence-corrected chi connectivity index (χ0v) is 14.4. The molecule has 0 spiro atoms. The summed E-state index contributed by atoms with van der Waals surface area (Å²) in [5, 5.41) is 8.05. The van der Waals surface area contributed by atoms with Gasteiger partial charge < -0.3 is 4.52 Å². The van der Waals surface area contributed by atoms with E-state index in [1.165, 1.54) is 17.5 Å². The van der Waals surface area contributed by atoms with Gasteiger partial charge in [0.15, 0.2) is 0 Å². The molecule has 1 saturated heterocycles. The van der Waals surface area contributed by atoms with Gasteiger partial charge in [-0.05, 0) is 12.8 Å². The molecule has 0 N–H and O–H groups in total. The van der Waals surface area contributed by atoms with Crippen LogP contribution in [0.25, 0.3) is 0 Å². The van der Waals surface area contributed by atoms with Gasteiger partial charge >= 0.3 is 0 Å². The van der Waals surface area contributed by atoms with Crippen LogP contribution in [0, 0.1) is 0 Å². The molecule has 0 amide bonds. The van der Waals surface area contributed by atoms with E-state index < -0.39 is 6.43 Å². The summed E-state index contributed by atoms with van der Waals surface area (Å²) in [6.07, 6.45) is 1.60. The second-order valence-electron chi connectivity index (χ2n) is 7.06. The summed E-state index contributed by atoms with van der Waals surface area (Å²) in [5.41, 5.74) is 1.51. The van der Waals surface area contributed by atoms with Crippen LogP contribution >= 0.6 is 0 Å². The molecule has 1 aliphatic carbocycles. The van der Waals surface area contributed by atoms with Gasteiger partial charge in [-0.1, -0.05) is 5.16 Å². The fourth-order valence-electron chi connectivity index (χ4n) is 3.40. The minimum Gasteiger partial charge on any atom is -0.361 e. The van der Waals surface area contributed by atoms with E-state index in [1.807, 2.05) is 0 Å². The molecular formula is C17H23F2N5O. The molecule has 0 unspecified atom stereocenters. The minimum atomic E-state index is -2.52. The number of hydrogen-bond donors (Lipinski definition) is 0. The van der Waals surface area contributed by atoms with Crippen molar-refractivity contribution in [1.29, 1.82) is 0 Å². The second kappa shape index (κ2) is 6.84. The number of piperazine rings is 1. The van der Waals surface area contributed by atoms with E-state index in [0.29, 0.717) is 18.0 Å². The van der Waals surface area contributed by atoms with E-state index in [0.717, 1.165) is 44.2 Å². The quantitative estimate of drug-likeness (QED) is 0.801. The molecule has 0 radical (unpaired) electrons. The molecule has 136 valence electrons. The van der Waals surface area contributed by atoms with E-state index in [4.69, 9.17) is 4.52 Å². The third-order valence-corrected chi connectivity index (χ3v) is 4.95. The number of nitrogens with zero attached hydrogens (tertiary/aromatic N) is 5. The first-order valence-corrected chi connectivity index (χ1v) is 8.79. The van der Waals surface area contributed by atoms with Gasteiger partial charge in [-0.15, -0.1) is 0 Å². The predicted octanol–water partition coefficient (Wildman–Crippen LogP) is 2.54. The molecule has 4 rings (SSSR count). The minimum absolute atomic E-state index is 0.0971. The fraction of sp³-hybridized carbons (Fsp3) is 0.647. The molecule has 2 aliphatic rings. The normalized spacial score (nSPS) is 19.8. The molecule has 2 aromatic rings. The Labute approximate surface area is 145 Å². The van der Waals surface area contributed by atoms with Gasteiger partial charge in [-0.2, -0.15) is 5.10 Å². The number of alkyl halides is 2. The molecule has 1 aliphatic heterocycles. The van der Waals surface area contributed by atoms with Crippen LogP contribution in [0.4, 0.5) is 8.78 Å². The smallest absolute Gasteiger partial charge is 0.282 e. The van der Waals surface area contributed by atoms with Crippen molar-refractivity contribution in [2.45, 2.75) is 38.3 Å². The lowest BCUT2D eigenvalue weighted by atomic mass is 10.2. The van der Waals surface area contributed by atoms with E-state index in [-0.39, 0.29) is 5.69 Å². The predicted molar refractivity (Wildman–Crippen MR) is 87.2 cm³/mol. The topological polar surface area (TPSA) is 50.3 Å². The molecule has 0 aromatic carbocycles. The monoisotopic (exact) mass is 351 g/mol. The first kappa shape index (κ1) is 16.7. The SMILES string of the molecule is Cn1cc(CN2CCN(Cc3cc(C4CC4)on3)CC2)c(C(F)F)n1. The standard InChI is InChI=1S/C17H23F2N5O/c1-22-9-13(16(20-22)17(18)19)10-23-4-6-24(7-5-23)11-14-8-15(25-21-14)12-2-3-12/h8-9,12,17H,2-7,10-11H2,1H3. The van der Waals surface area contributed by atoms with Crippen LogP contribution in [-0.2, 0) is 20.1 Å². The Morgan fingerprint density at radius 1 is 1.16 bits per heavy atom. The highest BCUT2D eigenvalue weighted by Gasteiger charge is 2.28. The van der Waals surface area contributed by atoms with Crippen LogP contribution in [0.1, 0.15) is 47.9 Å². The van der Waals surface area contributed by atoms with Crippen molar-refractivity contribution < 1.29 is 13.3 Å². The summed E-state index contributed by atoms with van der Waals surface area (Å²) in [6.45, 7) is 4.82. The first-order valence-electron chi connectivity index (χ1n) is 8.79. The highest BCUT2D eigenvalue weighted by molar-refractivity contribution is 5.18. The van der Waals surface area contributed by atoms with E-state index in [2.05, 4.69) is 26.1 Å².